The molecule has 0 atom stereocenters. The van der Waals surface area contributed by atoms with E-state index in [1.54, 1.807) is 20.3 Å². The first-order valence-corrected chi connectivity index (χ1v) is 8.07. The molecule has 0 saturated heterocycles. The summed E-state index contributed by atoms with van der Waals surface area (Å²) < 4.78 is 11.6. The van der Waals surface area contributed by atoms with Crippen molar-refractivity contribution in [2.24, 2.45) is 0 Å². The van der Waals surface area contributed by atoms with Gasteiger partial charge in [-0.05, 0) is 35.9 Å². The van der Waals surface area contributed by atoms with Crippen molar-refractivity contribution in [2.45, 2.75) is 6.42 Å². The zero-order valence-electron chi connectivity index (χ0n) is 13.2. The number of carboxylic acids is 1. The molecule has 0 bridgehead atoms. The van der Waals surface area contributed by atoms with Gasteiger partial charge in [0.2, 0.25) is 0 Å². The third kappa shape index (κ3) is 2.97. The quantitative estimate of drug-likeness (QED) is 0.684. The fraction of sp³-hybridized carbons (Fsp3) is 0.167. The van der Waals surface area contributed by atoms with Crippen LogP contribution < -0.4 is 9.47 Å². The highest BCUT2D eigenvalue weighted by Gasteiger charge is 2.19. The van der Waals surface area contributed by atoms with Crippen LogP contribution in [0.5, 0.6) is 11.5 Å². The molecular formula is C18H16BrNO4. The van der Waals surface area contributed by atoms with Gasteiger partial charge in [0.25, 0.3) is 0 Å². The van der Waals surface area contributed by atoms with Crippen LogP contribution in [0.15, 0.2) is 40.9 Å². The fourth-order valence-corrected chi connectivity index (χ4v) is 3.15. The van der Waals surface area contributed by atoms with E-state index in [0.717, 1.165) is 32.2 Å². The molecule has 0 aliphatic rings. The first kappa shape index (κ1) is 16.4. The summed E-state index contributed by atoms with van der Waals surface area (Å²) in [6, 6.07) is 11.2. The summed E-state index contributed by atoms with van der Waals surface area (Å²) >= 11 is 3.44. The minimum atomic E-state index is -0.885. The summed E-state index contributed by atoms with van der Waals surface area (Å²) in [4.78, 5) is 14.7. The molecule has 2 N–H and O–H groups in total. The number of hydrogen-bond acceptors (Lipinski definition) is 3. The maximum Gasteiger partial charge on any atom is 0.307 e. The van der Waals surface area contributed by atoms with Crippen molar-refractivity contribution in [2.75, 3.05) is 14.2 Å². The lowest BCUT2D eigenvalue weighted by atomic mass is 10.0. The molecule has 3 aromatic rings. The van der Waals surface area contributed by atoms with E-state index >= 15 is 0 Å². The number of methoxy groups -OCH3 is 2. The second kappa shape index (κ2) is 6.57. The van der Waals surface area contributed by atoms with Crippen LogP contribution in [0.2, 0.25) is 0 Å². The van der Waals surface area contributed by atoms with Gasteiger partial charge in [-0.15, -0.1) is 0 Å². The maximum absolute atomic E-state index is 11.4. The average Bonchev–Trinajstić information content (AvgIpc) is 2.91. The van der Waals surface area contributed by atoms with Crippen LogP contribution in [0.4, 0.5) is 0 Å². The highest BCUT2D eigenvalue weighted by atomic mass is 79.9. The number of carboxylic acid groups (broad SMARTS) is 1. The number of aromatic amines is 1. The summed E-state index contributed by atoms with van der Waals surface area (Å²) in [5.74, 6) is 0.408. The molecule has 2 aromatic carbocycles. The van der Waals surface area contributed by atoms with Crippen molar-refractivity contribution in [1.82, 2.24) is 4.98 Å². The zero-order chi connectivity index (χ0) is 17.3. The molecule has 1 aromatic heterocycles. The third-order valence-corrected chi connectivity index (χ3v) is 4.37. The van der Waals surface area contributed by atoms with Crippen molar-refractivity contribution < 1.29 is 19.4 Å². The molecule has 3 rings (SSSR count). The molecule has 0 aliphatic heterocycles. The van der Waals surface area contributed by atoms with Gasteiger partial charge >= 0.3 is 5.97 Å². The van der Waals surface area contributed by atoms with Crippen LogP contribution >= 0.6 is 15.9 Å². The van der Waals surface area contributed by atoms with Gasteiger partial charge < -0.3 is 19.6 Å². The Labute approximate surface area is 147 Å². The number of ether oxygens (including phenoxy) is 2. The zero-order valence-corrected chi connectivity index (χ0v) is 14.8. The van der Waals surface area contributed by atoms with Crippen molar-refractivity contribution >= 4 is 32.8 Å². The topological polar surface area (TPSA) is 71.6 Å². The van der Waals surface area contributed by atoms with E-state index in [1.165, 1.54) is 0 Å². The van der Waals surface area contributed by atoms with E-state index in [2.05, 4.69) is 20.9 Å². The number of rotatable bonds is 5. The Morgan fingerprint density at radius 1 is 1.17 bits per heavy atom. The Morgan fingerprint density at radius 3 is 2.62 bits per heavy atom. The van der Waals surface area contributed by atoms with Gasteiger partial charge in [-0.3, -0.25) is 4.79 Å². The van der Waals surface area contributed by atoms with Crippen LogP contribution in [-0.2, 0) is 11.2 Å². The van der Waals surface area contributed by atoms with Gasteiger partial charge in [-0.1, -0.05) is 15.9 Å². The van der Waals surface area contributed by atoms with Crippen LogP contribution in [-0.4, -0.2) is 30.3 Å². The third-order valence-electron chi connectivity index (χ3n) is 3.87. The second-order valence-corrected chi connectivity index (χ2v) is 6.22. The van der Waals surface area contributed by atoms with E-state index < -0.39 is 5.97 Å². The number of fused-ring (bicyclic) bond motifs is 1. The summed E-state index contributed by atoms with van der Waals surface area (Å²) in [6.45, 7) is 0. The van der Waals surface area contributed by atoms with E-state index in [9.17, 15) is 9.90 Å². The lowest BCUT2D eigenvalue weighted by Crippen LogP contribution is -2.01. The standard InChI is InChI=1S/C18H16BrNO4/c1-23-11-4-5-12(16(8-11)24-2)18-14(9-17(21)22)13-7-10(19)3-6-15(13)20-18/h3-8,20H,9H2,1-2H3,(H,21,22). The summed E-state index contributed by atoms with van der Waals surface area (Å²) in [5.41, 5.74) is 3.14. The van der Waals surface area contributed by atoms with Crippen LogP contribution in [0.25, 0.3) is 22.2 Å². The van der Waals surface area contributed by atoms with Gasteiger partial charge in [0.05, 0.1) is 26.3 Å². The molecule has 5 nitrogen and oxygen atoms in total. The van der Waals surface area contributed by atoms with Gasteiger partial charge in [-0.2, -0.15) is 0 Å². The van der Waals surface area contributed by atoms with E-state index in [-0.39, 0.29) is 6.42 Å². The SMILES string of the molecule is COc1ccc(-c2[nH]c3ccc(Br)cc3c2CC(=O)O)c(OC)c1. The number of halogens is 1. The van der Waals surface area contributed by atoms with Crippen LogP contribution in [0, 0.1) is 0 Å². The van der Waals surface area contributed by atoms with Crippen LogP contribution in [0.3, 0.4) is 0 Å². The van der Waals surface area contributed by atoms with E-state index in [1.807, 2.05) is 30.3 Å². The lowest BCUT2D eigenvalue weighted by molar-refractivity contribution is -0.136. The molecule has 124 valence electrons. The average molecular weight is 390 g/mol. The Morgan fingerprint density at radius 2 is 1.96 bits per heavy atom. The summed E-state index contributed by atoms with van der Waals surface area (Å²) in [7, 11) is 3.17. The highest BCUT2D eigenvalue weighted by molar-refractivity contribution is 9.10. The Hall–Kier alpha value is -2.47. The van der Waals surface area contributed by atoms with Crippen molar-refractivity contribution in [3.8, 4) is 22.8 Å². The predicted octanol–water partition coefficient (Wildman–Crippen LogP) is 4.24. The molecule has 1 heterocycles. The lowest BCUT2D eigenvalue weighted by Gasteiger charge is -2.11. The maximum atomic E-state index is 11.4. The minimum Gasteiger partial charge on any atom is -0.497 e. The Kier molecular flexibility index (Phi) is 4.49. The smallest absolute Gasteiger partial charge is 0.307 e. The normalized spacial score (nSPS) is 10.8. The molecule has 0 aliphatic carbocycles. The number of H-pyrrole nitrogens is 1. The molecule has 0 amide bonds. The van der Waals surface area contributed by atoms with E-state index in [4.69, 9.17) is 9.47 Å². The van der Waals surface area contributed by atoms with Crippen molar-refractivity contribution in [1.29, 1.82) is 0 Å². The first-order valence-electron chi connectivity index (χ1n) is 7.27. The molecule has 0 unspecified atom stereocenters. The predicted molar refractivity (Wildman–Crippen MR) is 95.9 cm³/mol. The Bertz CT molecular complexity index is 917. The number of benzene rings is 2. The Balaban J connectivity index is 2.27. The van der Waals surface area contributed by atoms with Gasteiger partial charge in [0.15, 0.2) is 0 Å². The fourth-order valence-electron chi connectivity index (χ4n) is 2.79. The molecule has 0 fully saturated rings. The van der Waals surface area contributed by atoms with Crippen LogP contribution in [0.1, 0.15) is 5.56 Å². The van der Waals surface area contributed by atoms with Crippen molar-refractivity contribution in [3.63, 3.8) is 0 Å². The van der Waals surface area contributed by atoms with Gasteiger partial charge in [-0.25, -0.2) is 0 Å². The number of nitrogens with one attached hydrogen (secondary N) is 1. The summed E-state index contributed by atoms with van der Waals surface area (Å²) in [6.07, 6.45) is -0.0824. The largest absolute Gasteiger partial charge is 0.497 e. The molecule has 0 spiro atoms. The molecule has 6 heteroatoms. The minimum absolute atomic E-state index is 0.0824. The van der Waals surface area contributed by atoms with Gasteiger partial charge in [0.1, 0.15) is 11.5 Å². The first-order chi connectivity index (χ1) is 11.5. The number of hydrogen-bond donors (Lipinski definition) is 2. The number of aliphatic carboxylic acids is 1. The number of aromatic nitrogens is 1. The number of carbonyl (C=O) groups is 1. The van der Waals surface area contributed by atoms with E-state index in [0.29, 0.717) is 11.5 Å². The molecule has 24 heavy (non-hydrogen) atoms. The molecular weight excluding hydrogens is 374 g/mol. The second-order valence-electron chi connectivity index (χ2n) is 5.31. The summed E-state index contributed by atoms with van der Waals surface area (Å²) in [5, 5.41) is 10.2. The monoisotopic (exact) mass is 389 g/mol. The molecule has 0 radical (unpaired) electrons. The highest BCUT2D eigenvalue weighted by Crippen LogP contribution is 2.38. The molecule has 0 saturated carbocycles. The van der Waals surface area contributed by atoms with Gasteiger partial charge in [0, 0.05) is 27.0 Å². The van der Waals surface area contributed by atoms with Crippen molar-refractivity contribution in [3.05, 3.63) is 46.4 Å².